The molecule has 1 amide bonds. The lowest BCUT2D eigenvalue weighted by Gasteiger charge is -2.26. The number of phenols is 1. The molecule has 30 heavy (non-hydrogen) atoms. The summed E-state index contributed by atoms with van der Waals surface area (Å²) in [5, 5.41) is 14.6. The van der Waals surface area contributed by atoms with E-state index in [1.807, 2.05) is 22.9 Å². The number of aromatic amines is 1. The molecule has 1 aromatic carbocycles. The van der Waals surface area contributed by atoms with Crippen LogP contribution in [0.4, 0.5) is 5.82 Å². The van der Waals surface area contributed by atoms with E-state index in [4.69, 9.17) is 11.5 Å². The molecule has 3 heterocycles. The number of phenolic OH excluding ortho intramolecular Hbond substituents is 1. The molecular weight excluding hydrogens is 380 g/mol. The zero-order valence-corrected chi connectivity index (χ0v) is 16.5. The highest BCUT2D eigenvalue weighted by Crippen LogP contribution is 2.26. The molecule has 0 unspecified atom stereocenters. The number of fused-ring (bicyclic) bond motifs is 1. The van der Waals surface area contributed by atoms with Gasteiger partial charge in [0, 0.05) is 35.5 Å². The minimum atomic E-state index is -0.0698. The van der Waals surface area contributed by atoms with Gasteiger partial charge in [-0.25, -0.2) is 0 Å². The van der Waals surface area contributed by atoms with E-state index in [1.165, 1.54) is 6.08 Å². The SMILES string of the molecule is C=CC(=O)N1CCn2nc(Cc3cc(/C=C(\N)c4ccccc4O)c(N)[nH]3)cc2C1. The van der Waals surface area contributed by atoms with Crippen molar-refractivity contribution in [3.8, 4) is 5.75 Å². The van der Waals surface area contributed by atoms with Crippen LogP contribution in [0.3, 0.4) is 0 Å². The number of nitrogens with two attached hydrogens (primary N) is 2. The lowest BCUT2D eigenvalue weighted by Crippen LogP contribution is -2.37. The van der Waals surface area contributed by atoms with Crippen molar-refractivity contribution in [3.63, 3.8) is 0 Å². The number of nitrogen functional groups attached to an aromatic ring is 1. The summed E-state index contributed by atoms with van der Waals surface area (Å²) < 4.78 is 1.94. The first-order valence-corrected chi connectivity index (χ1v) is 9.64. The molecule has 3 aromatic rings. The van der Waals surface area contributed by atoms with Crippen molar-refractivity contribution in [1.29, 1.82) is 0 Å². The summed E-state index contributed by atoms with van der Waals surface area (Å²) in [5.41, 5.74) is 16.8. The first-order valence-electron chi connectivity index (χ1n) is 9.64. The second-order valence-corrected chi connectivity index (χ2v) is 7.27. The molecule has 8 heteroatoms. The predicted octanol–water partition coefficient (Wildman–Crippen LogP) is 2.07. The summed E-state index contributed by atoms with van der Waals surface area (Å²) in [5.74, 6) is 0.544. The largest absolute Gasteiger partial charge is 0.507 e. The van der Waals surface area contributed by atoms with Crippen molar-refractivity contribution < 1.29 is 9.90 Å². The van der Waals surface area contributed by atoms with Gasteiger partial charge in [0.1, 0.15) is 11.6 Å². The Morgan fingerprint density at radius 3 is 2.87 bits per heavy atom. The van der Waals surface area contributed by atoms with Crippen molar-refractivity contribution in [3.05, 3.63) is 77.3 Å². The molecule has 0 radical (unpaired) electrons. The van der Waals surface area contributed by atoms with Crippen LogP contribution in [0.1, 0.15) is 28.2 Å². The number of H-pyrrole nitrogens is 1. The molecule has 154 valence electrons. The number of aromatic nitrogens is 3. The van der Waals surface area contributed by atoms with Crippen molar-refractivity contribution in [2.45, 2.75) is 19.5 Å². The van der Waals surface area contributed by atoms with Crippen LogP contribution in [0.5, 0.6) is 5.75 Å². The molecule has 0 saturated heterocycles. The molecule has 0 saturated carbocycles. The van der Waals surface area contributed by atoms with Crippen molar-refractivity contribution in [2.24, 2.45) is 5.73 Å². The molecular formula is C22H24N6O2. The van der Waals surface area contributed by atoms with E-state index in [2.05, 4.69) is 16.7 Å². The van der Waals surface area contributed by atoms with E-state index < -0.39 is 0 Å². The number of carbonyl (C=O) groups excluding carboxylic acids is 1. The van der Waals surface area contributed by atoms with Crippen LogP contribution >= 0.6 is 0 Å². The van der Waals surface area contributed by atoms with Gasteiger partial charge in [-0.1, -0.05) is 18.7 Å². The minimum absolute atomic E-state index is 0.0698. The molecule has 0 aliphatic carbocycles. The zero-order valence-electron chi connectivity index (χ0n) is 16.5. The summed E-state index contributed by atoms with van der Waals surface area (Å²) in [4.78, 5) is 16.8. The second-order valence-electron chi connectivity index (χ2n) is 7.27. The number of nitrogens with zero attached hydrogens (tertiary/aromatic N) is 3. The number of hydrogen-bond acceptors (Lipinski definition) is 5. The smallest absolute Gasteiger partial charge is 0.246 e. The molecule has 1 aliphatic rings. The van der Waals surface area contributed by atoms with Gasteiger partial charge in [-0.3, -0.25) is 9.48 Å². The fourth-order valence-electron chi connectivity index (χ4n) is 3.65. The standard InChI is InChI=1S/C22H24N6O2/c1-2-21(30)27-7-8-28-17(13-27)12-16(26-28)11-15-9-14(22(24)25-15)10-19(23)18-5-3-4-6-20(18)29/h2-6,9-10,12,25,29H,1,7-8,11,13,23-24H2/b19-10-. The molecule has 8 nitrogen and oxygen atoms in total. The summed E-state index contributed by atoms with van der Waals surface area (Å²) in [6, 6.07) is 10.8. The Balaban J connectivity index is 1.52. The minimum Gasteiger partial charge on any atom is -0.507 e. The molecule has 0 fully saturated rings. The molecule has 0 atom stereocenters. The van der Waals surface area contributed by atoms with Crippen molar-refractivity contribution in [1.82, 2.24) is 19.7 Å². The highest BCUT2D eigenvalue weighted by Gasteiger charge is 2.21. The lowest BCUT2D eigenvalue weighted by atomic mass is 10.1. The number of benzene rings is 1. The van der Waals surface area contributed by atoms with Crippen molar-refractivity contribution in [2.75, 3.05) is 12.3 Å². The van der Waals surface area contributed by atoms with E-state index in [0.29, 0.717) is 43.1 Å². The molecule has 4 rings (SSSR count). The third-order valence-electron chi connectivity index (χ3n) is 5.17. The number of anilines is 1. The first kappa shape index (κ1) is 19.4. The maximum atomic E-state index is 11.9. The quantitative estimate of drug-likeness (QED) is 0.484. The Kier molecular flexibility index (Phi) is 5.05. The van der Waals surface area contributed by atoms with Crippen LogP contribution < -0.4 is 11.5 Å². The van der Waals surface area contributed by atoms with Gasteiger partial charge < -0.3 is 26.5 Å². The molecule has 6 N–H and O–H groups in total. The van der Waals surface area contributed by atoms with Gasteiger partial charge in [-0.15, -0.1) is 0 Å². The summed E-state index contributed by atoms with van der Waals surface area (Å²) in [6.07, 6.45) is 3.65. The number of rotatable bonds is 5. The highest BCUT2D eigenvalue weighted by atomic mass is 16.3. The van der Waals surface area contributed by atoms with E-state index in [0.717, 1.165) is 22.6 Å². The highest BCUT2D eigenvalue weighted by molar-refractivity contribution is 5.87. The first-order chi connectivity index (χ1) is 14.4. The van der Waals surface area contributed by atoms with Gasteiger partial charge in [0.15, 0.2) is 0 Å². The van der Waals surface area contributed by atoms with Gasteiger partial charge in [0.25, 0.3) is 0 Å². The fraction of sp³-hybridized carbons (Fsp3) is 0.182. The molecule has 1 aliphatic heterocycles. The van der Waals surface area contributed by atoms with Crippen LogP contribution in [0.15, 0.2) is 49.1 Å². The zero-order chi connectivity index (χ0) is 21.3. The van der Waals surface area contributed by atoms with Crippen LogP contribution in [0.25, 0.3) is 11.8 Å². The fourth-order valence-corrected chi connectivity index (χ4v) is 3.65. The summed E-state index contributed by atoms with van der Waals surface area (Å²) >= 11 is 0. The van der Waals surface area contributed by atoms with Crippen LogP contribution in [-0.2, 0) is 24.3 Å². The normalized spacial score (nSPS) is 13.9. The number of aromatic hydroxyl groups is 1. The average molecular weight is 404 g/mol. The molecule has 0 spiro atoms. The Labute approximate surface area is 174 Å². The van der Waals surface area contributed by atoms with Crippen LogP contribution in [-0.4, -0.2) is 37.2 Å². The van der Waals surface area contributed by atoms with Gasteiger partial charge in [0.2, 0.25) is 5.91 Å². The Hall–Kier alpha value is -3.94. The predicted molar refractivity (Wildman–Crippen MR) is 116 cm³/mol. The average Bonchev–Trinajstić information content (AvgIpc) is 3.29. The van der Waals surface area contributed by atoms with Gasteiger partial charge >= 0.3 is 0 Å². The Bertz CT molecular complexity index is 1140. The monoisotopic (exact) mass is 404 g/mol. The van der Waals surface area contributed by atoms with Crippen LogP contribution in [0.2, 0.25) is 0 Å². The van der Waals surface area contributed by atoms with Crippen molar-refractivity contribution >= 4 is 23.5 Å². The number of hydrogen-bond donors (Lipinski definition) is 4. The Morgan fingerprint density at radius 2 is 2.10 bits per heavy atom. The lowest BCUT2D eigenvalue weighted by molar-refractivity contribution is -0.127. The van der Waals surface area contributed by atoms with Crippen LogP contribution in [0, 0.1) is 0 Å². The summed E-state index contributed by atoms with van der Waals surface area (Å²) in [7, 11) is 0. The maximum absolute atomic E-state index is 11.9. The molecule has 2 aromatic heterocycles. The van der Waals surface area contributed by atoms with E-state index in [9.17, 15) is 9.90 Å². The van der Waals surface area contributed by atoms with E-state index in [1.54, 1.807) is 29.2 Å². The Morgan fingerprint density at radius 1 is 1.30 bits per heavy atom. The summed E-state index contributed by atoms with van der Waals surface area (Å²) in [6.45, 7) is 5.35. The topological polar surface area (TPSA) is 126 Å². The molecule has 0 bridgehead atoms. The van der Waals surface area contributed by atoms with E-state index in [-0.39, 0.29) is 11.7 Å². The maximum Gasteiger partial charge on any atom is 0.246 e. The number of amides is 1. The van der Waals surface area contributed by atoms with E-state index >= 15 is 0 Å². The van der Waals surface area contributed by atoms with Gasteiger partial charge in [-0.05, 0) is 36.4 Å². The van der Waals surface area contributed by atoms with Gasteiger partial charge in [-0.2, -0.15) is 5.10 Å². The number of carbonyl (C=O) groups is 1. The number of para-hydroxylation sites is 1. The number of nitrogens with one attached hydrogen (secondary N) is 1. The van der Waals surface area contributed by atoms with Gasteiger partial charge in [0.05, 0.1) is 24.5 Å². The third kappa shape index (κ3) is 3.80. The third-order valence-corrected chi connectivity index (χ3v) is 5.17. The second kappa shape index (κ2) is 7.82.